The Bertz CT molecular complexity index is 221. The number of ketones is 1. The molecule has 0 saturated carbocycles. The molecule has 0 aliphatic carbocycles. The molecule has 1 rings (SSSR count). The van der Waals surface area contributed by atoms with Crippen LogP contribution in [0.5, 0.6) is 0 Å². The van der Waals surface area contributed by atoms with E-state index in [1.807, 2.05) is 13.8 Å². The van der Waals surface area contributed by atoms with E-state index in [0.29, 0.717) is 0 Å². The van der Waals surface area contributed by atoms with E-state index >= 15 is 0 Å². The van der Waals surface area contributed by atoms with Gasteiger partial charge in [0.1, 0.15) is 0 Å². The molecule has 0 aromatic rings. The summed E-state index contributed by atoms with van der Waals surface area (Å²) in [6, 6.07) is -0.0877. The number of ether oxygens (including phenoxy) is 1. The zero-order valence-electron chi connectivity index (χ0n) is 8.25. The second-order valence-corrected chi connectivity index (χ2v) is 3.63. The highest BCUT2D eigenvalue weighted by Gasteiger charge is 2.22. The first kappa shape index (κ1) is 10.3. The summed E-state index contributed by atoms with van der Waals surface area (Å²) in [7, 11) is 0. The minimum atomic E-state index is -0.104. The van der Waals surface area contributed by atoms with Crippen LogP contribution >= 0.6 is 0 Å². The lowest BCUT2D eigenvalue weighted by atomic mass is 9.92. The van der Waals surface area contributed by atoms with Gasteiger partial charge in [0.25, 0.3) is 0 Å². The Kier molecular flexibility index (Phi) is 3.48. The van der Waals surface area contributed by atoms with Crippen LogP contribution < -0.4 is 5.73 Å². The molecule has 0 fully saturated rings. The van der Waals surface area contributed by atoms with Crippen LogP contribution in [0.1, 0.15) is 26.7 Å². The van der Waals surface area contributed by atoms with Gasteiger partial charge >= 0.3 is 0 Å². The number of allylic oxidation sites excluding steroid dienone is 1. The fraction of sp³-hybridized carbons (Fsp3) is 0.700. The average molecular weight is 183 g/mol. The molecule has 2 unspecified atom stereocenters. The van der Waals surface area contributed by atoms with Crippen LogP contribution in [0.25, 0.3) is 0 Å². The van der Waals surface area contributed by atoms with Gasteiger partial charge in [0, 0.05) is 17.5 Å². The number of nitrogens with two attached hydrogens (primary N) is 1. The molecule has 1 aliphatic heterocycles. The van der Waals surface area contributed by atoms with Crippen molar-refractivity contribution >= 4 is 5.78 Å². The lowest BCUT2D eigenvalue weighted by Crippen LogP contribution is -2.32. The Labute approximate surface area is 78.9 Å². The Morgan fingerprint density at radius 2 is 2.31 bits per heavy atom. The largest absolute Gasteiger partial charge is 0.501 e. The van der Waals surface area contributed by atoms with E-state index in [1.165, 1.54) is 0 Å². The predicted octanol–water partition coefficient (Wildman–Crippen LogP) is 1.23. The molecule has 74 valence electrons. The molecule has 0 spiro atoms. The monoisotopic (exact) mass is 183 g/mol. The summed E-state index contributed by atoms with van der Waals surface area (Å²) in [5, 5.41) is 0. The summed E-state index contributed by atoms with van der Waals surface area (Å²) in [6.45, 7) is 4.44. The van der Waals surface area contributed by atoms with E-state index in [9.17, 15) is 4.79 Å². The summed E-state index contributed by atoms with van der Waals surface area (Å²) in [4.78, 5) is 11.7. The summed E-state index contributed by atoms with van der Waals surface area (Å²) in [5.74, 6) is 0.0302. The van der Waals surface area contributed by atoms with E-state index < -0.39 is 0 Å². The minimum Gasteiger partial charge on any atom is -0.501 e. The third-order valence-corrected chi connectivity index (χ3v) is 2.45. The fourth-order valence-electron chi connectivity index (χ4n) is 1.28. The van der Waals surface area contributed by atoms with Gasteiger partial charge in [0.05, 0.1) is 12.9 Å². The summed E-state index contributed by atoms with van der Waals surface area (Å²) >= 11 is 0. The average Bonchev–Trinajstić information content (AvgIpc) is 2.17. The van der Waals surface area contributed by atoms with Crippen molar-refractivity contribution in [2.75, 3.05) is 6.61 Å². The molecule has 0 saturated heterocycles. The van der Waals surface area contributed by atoms with Crippen LogP contribution in [0, 0.1) is 5.92 Å². The third kappa shape index (κ3) is 2.56. The first-order valence-corrected chi connectivity index (χ1v) is 4.73. The SMILES string of the molecule is CC(N)C(C)C(=O)C1=COCCC1. The van der Waals surface area contributed by atoms with Crippen LogP contribution in [0.3, 0.4) is 0 Å². The van der Waals surface area contributed by atoms with Gasteiger partial charge in [-0.3, -0.25) is 4.79 Å². The fourth-order valence-corrected chi connectivity index (χ4v) is 1.28. The molecule has 1 aliphatic rings. The van der Waals surface area contributed by atoms with Crippen molar-refractivity contribution in [3.05, 3.63) is 11.8 Å². The Morgan fingerprint density at radius 3 is 2.77 bits per heavy atom. The second-order valence-electron chi connectivity index (χ2n) is 3.63. The van der Waals surface area contributed by atoms with Crippen molar-refractivity contribution in [2.24, 2.45) is 11.7 Å². The van der Waals surface area contributed by atoms with Crippen molar-refractivity contribution in [3.63, 3.8) is 0 Å². The van der Waals surface area contributed by atoms with Crippen molar-refractivity contribution in [1.29, 1.82) is 0 Å². The number of rotatable bonds is 3. The van der Waals surface area contributed by atoms with E-state index in [1.54, 1.807) is 6.26 Å². The Balaban J connectivity index is 2.60. The lowest BCUT2D eigenvalue weighted by molar-refractivity contribution is -0.119. The van der Waals surface area contributed by atoms with Gasteiger partial charge in [0.2, 0.25) is 0 Å². The van der Waals surface area contributed by atoms with E-state index in [-0.39, 0.29) is 17.7 Å². The highest BCUT2D eigenvalue weighted by molar-refractivity contribution is 5.97. The molecule has 0 aromatic carbocycles. The van der Waals surface area contributed by atoms with Gasteiger partial charge in [-0.15, -0.1) is 0 Å². The van der Waals surface area contributed by atoms with Gasteiger partial charge < -0.3 is 10.5 Å². The molecule has 13 heavy (non-hydrogen) atoms. The number of carbonyl (C=O) groups is 1. The topological polar surface area (TPSA) is 52.3 Å². The zero-order valence-corrected chi connectivity index (χ0v) is 8.25. The quantitative estimate of drug-likeness (QED) is 0.716. The third-order valence-electron chi connectivity index (χ3n) is 2.45. The van der Waals surface area contributed by atoms with Crippen LogP contribution in [-0.4, -0.2) is 18.4 Å². The van der Waals surface area contributed by atoms with Gasteiger partial charge in [-0.25, -0.2) is 0 Å². The van der Waals surface area contributed by atoms with Gasteiger partial charge in [-0.05, 0) is 19.8 Å². The van der Waals surface area contributed by atoms with Gasteiger partial charge in [-0.2, -0.15) is 0 Å². The standard InChI is InChI=1S/C10H17NO2/c1-7(8(2)11)10(12)9-4-3-5-13-6-9/h6-8H,3-5,11H2,1-2H3. The molecular weight excluding hydrogens is 166 g/mol. The molecule has 2 N–H and O–H groups in total. The highest BCUT2D eigenvalue weighted by atomic mass is 16.5. The van der Waals surface area contributed by atoms with E-state index in [0.717, 1.165) is 25.0 Å². The van der Waals surface area contributed by atoms with Crippen molar-refractivity contribution < 1.29 is 9.53 Å². The van der Waals surface area contributed by atoms with E-state index in [2.05, 4.69) is 0 Å². The van der Waals surface area contributed by atoms with Gasteiger partial charge in [-0.1, -0.05) is 6.92 Å². The first-order chi connectivity index (χ1) is 6.13. The molecular formula is C10H17NO2. The highest BCUT2D eigenvalue weighted by Crippen LogP contribution is 2.17. The van der Waals surface area contributed by atoms with Gasteiger partial charge in [0.15, 0.2) is 5.78 Å². The van der Waals surface area contributed by atoms with E-state index in [4.69, 9.17) is 10.5 Å². The summed E-state index contributed by atoms with van der Waals surface area (Å²) in [6.07, 6.45) is 3.35. The van der Waals surface area contributed by atoms with Crippen LogP contribution in [0.15, 0.2) is 11.8 Å². The maximum Gasteiger partial charge on any atom is 0.166 e. The molecule has 0 aromatic heterocycles. The molecule has 0 amide bonds. The number of hydrogen-bond acceptors (Lipinski definition) is 3. The van der Waals surface area contributed by atoms with Crippen molar-refractivity contribution in [3.8, 4) is 0 Å². The maximum atomic E-state index is 11.7. The summed E-state index contributed by atoms with van der Waals surface area (Å²) < 4.78 is 5.11. The number of hydrogen-bond donors (Lipinski definition) is 1. The second kappa shape index (κ2) is 4.42. The number of carbonyl (C=O) groups excluding carboxylic acids is 1. The minimum absolute atomic E-state index is 0.0877. The Morgan fingerprint density at radius 1 is 1.62 bits per heavy atom. The molecule has 0 bridgehead atoms. The predicted molar refractivity (Wildman–Crippen MR) is 51.1 cm³/mol. The van der Waals surface area contributed by atoms with Crippen LogP contribution in [0.2, 0.25) is 0 Å². The van der Waals surface area contributed by atoms with Crippen molar-refractivity contribution in [2.45, 2.75) is 32.7 Å². The molecule has 1 heterocycles. The lowest BCUT2D eigenvalue weighted by Gasteiger charge is -2.18. The number of Topliss-reactive ketones (excluding diaryl/α,β-unsaturated/α-hetero) is 1. The maximum absolute atomic E-state index is 11.7. The van der Waals surface area contributed by atoms with Crippen LogP contribution in [0.4, 0.5) is 0 Å². The smallest absolute Gasteiger partial charge is 0.166 e. The molecule has 2 atom stereocenters. The molecule has 3 heteroatoms. The normalized spacial score (nSPS) is 21.3. The Hall–Kier alpha value is -0.830. The first-order valence-electron chi connectivity index (χ1n) is 4.73. The summed E-state index contributed by atoms with van der Waals surface area (Å²) in [5.41, 5.74) is 6.44. The molecule has 0 radical (unpaired) electrons. The molecule has 3 nitrogen and oxygen atoms in total. The zero-order chi connectivity index (χ0) is 9.84. The van der Waals surface area contributed by atoms with Crippen LogP contribution in [-0.2, 0) is 9.53 Å². The van der Waals surface area contributed by atoms with Crippen molar-refractivity contribution in [1.82, 2.24) is 0 Å².